The molecule has 1 saturated heterocycles. The van der Waals surface area contributed by atoms with Crippen molar-refractivity contribution in [3.05, 3.63) is 35.8 Å². The molecule has 3 rings (SSSR count). The molecule has 1 aliphatic rings. The van der Waals surface area contributed by atoms with Crippen LogP contribution in [-0.4, -0.2) is 23.3 Å². The van der Waals surface area contributed by atoms with E-state index in [-0.39, 0.29) is 17.5 Å². The van der Waals surface area contributed by atoms with E-state index in [1.54, 1.807) is 18.2 Å². The first-order valence-corrected chi connectivity index (χ1v) is 6.11. The van der Waals surface area contributed by atoms with E-state index in [1.807, 2.05) is 0 Å². The van der Waals surface area contributed by atoms with Crippen LogP contribution in [0.2, 0.25) is 0 Å². The predicted molar refractivity (Wildman–Crippen MR) is 66.2 cm³/mol. The standard InChI is InChI=1S/C14H14FNO2/c15-11-3-1-2-10-8-12(17)14(16-13(10)11)9-4-6-18-7-5-9/h1-3,8-9,17H,4-7H2. The summed E-state index contributed by atoms with van der Waals surface area (Å²) in [5.41, 5.74) is 0.924. The van der Waals surface area contributed by atoms with Crippen LogP contribution in [0.5, 0.6) is 5.75 Å². The van der Waals surface area contributed by atoms with Crippen molar-refractivity contribution in [2.75, 3.05) is 13.2 Å². The van der Waals surface area contributed by atoms with Crippen molar-refractivity contribution in [3.8, 4) is 5.75 Å². The van der Waals surface area contributed by atoms with Gasteiger partial charge in [0, 0.05) is 24.5 Å². The summed E-state index contributed by atoms with van der Waals surface area (Å²) >= 11 is 0. The Morgan fingerprint density at radius 1 is 1.28 bits per heavy atom. The Kier molecular flexibility index (Phi) is 2.88. The van der Waals surface area contributed by atoms with Crippen LogP contribution >= 0.6 is 0 Å². The monoisotopic (exact) mass is 247 g/mol. The molecule has 1 aromatic carbocycles. The van der Waals surface area contributed by atoms with E-state index in [2.05, 4.69) is 4.98 Å². The lowest BCUT2D eigenvalue weighted by Crippen LogP contribution is -2.15. The van der Waals surface area contributed by atoms with Crippen molar-refractivity contribution in [2.24, 2.45) is 0 Å². The summed E-state index contributed by atoms with van der Waals surface area (Å²) in [4.78, 5) is 4.32. The van der Waals surface area contributed by atoms with E-state index in [0.29, 0.717) is 29.8 Å². The van der Waals surface area contributed by atoms with Crippen LogP contribution in [-0.2, 0) is 4.74 Å². The molecule has 0 radical (unpaired) electrons. The summed E-state index contributed by atoms with van der Waals surface area (Å²) in [6.07, 6.45) is 1.64. The summed E-state index contributed by atoms with van der Waals surface area (Å²) in [6, 6.07) is 6.35. The number of hydrogen-bond donors (Lipinski definition) is 1. The highest BCUT2D eigenvalue weighted by Gasteiger charge is 2.21. The second kappa shape index (κ2) is 4.53. The molecule has 0 bridgehead atoms. The number of aromatic nitrogens is 1. The molecule has 2 aromatic rings. The third-order valence-electron chi connectivity index (χ3n) is 3.41. The van der Waals surface area contributed by atoms with Gasteiger partial charge < -0.3 is 9.84 Å². The molecule has 0 atom stereocenters. The van der Waals surface area contributed by atoms with Crippen LogP contribution in [0.1, 0.15) is 24.5 Å². The fourth-order valence-electron chi connectivity index (χ4n) is 2.44. The molecule has 1 aliphatic heterocycles. The normalized spacial score (nSPS) is 17.2. The maximum atomic E-state index is 13.7. The molecule has 1 fully saturated rings. The highest BCUT2D eigenvalue weighted by molar-refractivity contribution is 5.80. The number of pyridine rings is 1. The van der Waals surface area contributed by atoms with Gasteiger partial charge in [0.05, 0.1) is 5.69 Å². The second-order valence-corrected chi connectivity index (χ2v) is 4.59. The molecule has 1 aromatic heterocycles. The average Bonchev–Trinajstić information content (AvgIpc) is 2.39. The Bertz CT molecular complexity index is 579. The number of benzene rings is 1. The minimum absolute atomic E-state index is 0.153. The molecule has 18 heavy (non-hydrogen) atoms. The molecule has 4 heteroatoms. The van der Waals surface area contributed by atoms with Gasteiger partial charge in [-0.3, -0.25) is 0 Å². The summed E-state index contributed by atoms with van der Waals surface area (Å²) < 4.78 is 19.0. The van der Waals surface area contributed by atoms with Gasteiger partial charge in [-0.15, -0.1) is 0 Å². The largest absolute Gasteiger partial charge is 0.506 e. The van der Waals surface area contributed by atoms with Crippen molar-refractivity contribution in [2.45, 2.75) is 18.8 Å². The van der Waals surface area contributed by atoms with Gasteiger partial charge >= 0.3 is 0 Å². The number of fused-ring (bicyclic) bond motifs is 1. The number of halogens is 1. The molecule has 3 nitrogen and oxygen atoms in total. The van der Waals surface area contributed by atoms with Crippen molar-refractivity contribution in [1.29, 1.82) is 0 Å². The highest BCUT2D eigenvalue weighted by Crippen LogP contribution is 2.33. The topological polar surface area (TPSA) is 42.4 Å². The Hall–Kier alpha value is -1.68. The van der Waals surface area contributed by atoms with Crippen molar-refractivity contribution >= 4 is 10.9 Å². The average molecular weight is 247 g/mol. The summed E-state index contributed by atoms with van der Waals surface area (Å²) in [7, 11) is 0. The van der Waals surface area contributed by atoms with Gasteiger partial charge in [0.1, 0.15) is 17.1 Å². The molecular weight excluding hydrogens is 233 g/mol. The van der Waals surface area contributed by atoms with Crippen molar-refractivity contribution in [3.63, 3.8) is 0 Å². The molecule has 0 aliphatic carbocycles. The quantitative estimate of drug-likeness (QED) is 0.842. The van der Waals surface area contributed by atoms with Crippen LogP contribution in [0.15, 0.2) is 24.3 Å². The minimum Gasteiger partial charge on any atom is -0.506 e. The number of ether oxygens (including phenoxy) is 1. The minimum atomic E-state index is -0.346. The lowest BCUT2D eigenvalue weighted by atomic mass is 9.94. The number of aromatic hydroxyl groups is 1. The molecule has 0 saturated carbocycles. The Balaban J connectivity index is 2.11. The summed E-state index contributed by atoms with van der Waals surface area (Å²) in [5, 5.41) is 10.7. The zero-order chi connectivity index (χ0) is 12.5. The number of hydrogen-bond acceptors (Lipinski definition) is 3. The first-order valence-electron chi connectivity index (χ1n) is 6.11. The Morgan fingerprint density at radius 2 is 2.06 bits per heavy atom. The highest BCUT2D eigenvalue weighted by atomic mass is 19.1. The maximum absolute atomic E-state index is 13.7. The van der Waals surface area contributed by atoms with Crippen LogP contribution in [0.25, 0.3) is 10.9 Å². The van der Waals surface area contributed by atoms with Crippen molar-refractivity contribution < 1.29 is 14.2 Å². The van der Waals surface area contributed by atoms with E-state index >= 15 is 0 Å². The lowest BCUT2D eigenvalue weighted by molar-refractivity contribution is 0.0840. The first-order chi connectivity index (χ1) is 8.75. The zero-order valence-corrected chi connectivity index (χ0v) is 9.90. The first kappa shape index (κ1) is 11.4. The van der Waals surface area contributed by atoms with Crippen LogP contribution < -0.4 is 0 Å². The Morgan fingerprint density at radius 3 is 2.83 bits per heavy atom. The van der Waals surface area contributed by atoms with Gasteiger partial charge in [-0.2, -0.15) is 0 Å². The van der Waals surface area contributed by atoms with Gasteiger partial charge in [-0.25, -0.2) is 9.37 Å². The molecule has 0 unspecified atom stereocenters. The lowest BCUT2D eigenvalue weighted by Gasteiger charge is -2.22. The molecule has 0 spiro atoms. The van der Waals surface area contributed by atoms with Crippen LogP contribution in [0, 0.1) is 5.82 Å². The van der Waals surface area contributed by atoms with E-state index < -0.39 is 0 Å². The van der Waals surface area contributed by atoms with Gasteiger partial charge in [0.15, 0.2) is 0 Å². The van der Waals surface area contributed by atoms with Gasteiger partial charge in [0.2, 0.25) is 0 Å². The van der Waals surface area contributed by atoms with Gasteiger partial charge in [-0.1, -0.05) is 12.1 Å². The zero-order valence-electron chi connectivity index (χ0n) is 9.90. The second-order valence-electron chi connectivity index (χ2n) is 4.59. The number of nitrogens with zero attached hydrogens (tertiary/aromatic N) is 1. The van der Waals surface area contributed by atoms with Gasteiger partial charge in [0.25, 0.3) is 0 Å². The molecule has 1 N–H and O–H groups in total. The van der Waals surface area contributed by atoms with Crippen molar-refractivity contribution in [1.82, 2.24) is 4.98 Å². The SMILES string of the molecule is Oc1cc2cccc(F)c2nc1C1CCOCC1. The predicted octanol–water partition coefficient (Wildman–Crippen LogP) is 2.97. The third-order valence-corrected chi connectivity index (χ3v) is 3.41. The summed E-state index contributed by atoms with van der Waals surface area (Å²) in [6.45, 7) is 1.34. The summed E-state index contributed by atoms with van der Waals surface area (Å²) in [5.74, 6) is -0.0384. The molecule has 94 valence electrons. The van der Waals surface area contributed by atoms with E-state index in [4.69, 9.17) is 4.74 Å². The fourth-order valence-corrected chi connectivity index (χ4v) is 2.44. The smallest absolute Gasteiger partial charge is 0.149 e. The number of para-hydroxylation sites is 1. The van der Waals surface area contributed by atoms with Crippen LogP contribution in [0.3, 0.4) is 0 Å². The van der Waals surface area contributed by atoms with E-state index in [1.165, 1.54) is 6.07 Å². The van der Waals surface area contributed by atoms with E-state index in [9.17, 15) is 9.50 Å². The third kappa shape index (κ3) is 1.93. The Labute approximate surface area is 104 Å². The number of rotatable bonds is 1. The molecular formula is C14H14FNO2. The fraction of sp³-hybridized carbons (Fsp3) is 0.357. The van der Waals surface area contributed by atoms with Gasteiger partial charge in [-0.05, 0) is 25.0 Å². The van der Waals surface area contributed by atoms with Crippen LogP contribution in [0.4, 0.5) is 4.39 Å². The molecule has 0 amide bonds. The maximum Gasteiger partial charge on any atom is 0.149 e. The van der Waals surface area contributed by atoms with E-state index in [0.717, 1.165) is 12.8 Å². The molecule has 2 heterocycles.